The zero-order chi connectivity index (χ0) is 68.4. The summed E-state index contributed by atoms with van der Waals surface area (Å²) >= 11 is 0. The molecule has 16 rings (SSSR count). The van der Waals surface area contributed by atoms with Gasteiger partial charge in [-0.3, -0.25) is 0 Å². The Bertz CT molecular complexity index is 5030. The van der Waals surface area contributed by atoms with Crippen molar-refractivity contribution in [2.24, 2.45) is 0 Å². The first-order chi connectivity index (χ1) is 47.6. The fourth-order valence-corrected chi connectivity index (χ4v) is 14.5. The molecule has 12 aromatic carbocycles. The highest BCUT2D eigenvalue weighted by atomic mass is 19.4. The Balaban J connectivity index is 0.766. The molecular weight excluding hydrogens is 1260 g/mol. The lowest BCUT2D eigenvalue weighted by Gasteiger charge is -2.33. The predicted octanol–water partition coefficient (Wildman–Crippen LogP) is 22.8. The second-order valence-electron chi connectivity index (χ2n) is 25.7. The van der Waals surface area contributed by atoms with Crippen LogP contribution in [0.15, 0.2) is 291 Å². The Morgan fingerprint density at radius 3 is 0.545 bits per heavy atom. The molecule has 4 aromatic heterocycles. The first-order valence-electron chi connectivity index (χ1n) is 32.2. The van der Waals surface area contributed by atoms with Crippen LogP contribution in [0, 0.1) is 0 Å². The molecule has 0 aliphatic rings. The number of alkyl halides is 9. The van der Waals surface area contributed by atoms with Crippen molar-refractivity contribution in [2.45, 2.75) is 55.5 Å². The van der Waals surface area contributed by atoms with Gasteiger partial charge in [0.1, 0.15) is 16.2 Å². The minimum Gasteiger partial charge on any atom is -0.309 e. The molecule has 4 heterocycles. The number of para-hydroxylation sites is 6. The van der Waals surface area contributed by atoms with Crippen molar-refractivity contribution in [3.8, 4) is 51.2 Å². The third-order valence-corrected chi connectivity index (χ3v) is 20.3. The molecule has 0 spiro atoms. The molecule has 16 aromatic rings. The molecule has 3 unspecified atom stereocenters. The molecule has 0 bridgehead atoms. The van der Waals surface area contributed by atoms with Crippen molar-refractivity contribution >= 4 is 65.4 Å². The van der Waals surface area contributed by atoms with Crippen LogP contribution >= 0.6 is 0 Å². The van der Waals surface area contributed by atoms with E-state index in [9.17, 15) is 0 Å². The number of aromatic nitrogens is 6. The van der Waals surface area contributed by atoms with Gasteiger partial charge in [0.05, 0.1) is 33.1 Å². The standard InChI is InChI=1S/C84H57F9N6/c1-79(82(85,86)87,58-40-46-61(47-41-58)97-70-22-10-4-16-64(70)65-17-5-11-23-71(65)97)55-34-28-52(29-35-55)76-94-77(53-30-36-56(37-31-53)80(2,83(88,89)90)59-42-48-62(49-43-59)98-72-24-12-6-18-66(72)67-19-7-13-25-73(67)98)96-78(95-76)54-32-38-57(39-33-54)81(3,84(91,92)93)60-44-50-63(51-45-60)99-74-26-14-8-20-68(74)69-21-9-15-27-75(69)99/h4-51H,1-3H3. The highest BCUT2D eigenvalue weighted by Gasteiger charge is 2.56. The normalized spacial score (nSPS) is 14.3. The summed E-state index contributed by atoms with van der Waals surface area (Å²) in [6.07, 6.45) is -14.4. The lowest BCUT2D eigenvalue weighted by atomic mass is 9.75. The average molecular weight is 1320 g/mol. The highest BCUT2D eigenvalue weighted by Crippen LogP contribution is 2.51. The smallest absolute Gasteiger partial charge is 0.309 e. The molecule has 99 heavy (non-hydrogen) atoms. The van der Waals surface area contributed by atoms with Gasteiger partial charge in [0.2, 0.25) is 0 Å². The molecule has 0 fully saturated rings. The Morgan fingerprint density at radius 1 is 0.212 bits per heavy atom. The molecule has 486 valence electrons. The fourth-order valence-electron chi connectivity index (χ4n) is 14.5. The average Bonchev–Trinajstić information content (AvgIpc) is 1.63. The maximum Gasteiger partial charge on any atom is 0.402 e. The van der Waals surface area contributed by atoms with E-state index in [0.717, 1.165) is 86.2 Å². The van der Waals surface area contributed by atoms with Gasteiger partial charge >= 0.3 is 18.5 Å². The summed E-state index contributed by atoms with van der Waals surface area (Å²) < 4.78 is 149. The van der Waals surface area contributed by atoms with Crippen LogP contribution in [0.3, 0.4) is 0 Å². The SMILES string of the molecule is CC(c1ccc(-c2nc(-c3ccc(C(C)(c4ccc(-n5c6ccccc6c6ccccc65)cc4)C(F)(F)F)cc3)nc(-c3ccc(C(C)(c4ccc(-n5c6ccccc6c6ccccc65)cc4)C(F)(F)F)cc3)n2)cc1)(c1ccc(-n2c3ccccc3c3ccccc32)cc1)C(F)(F)F. The summed E-state index contributed by atoms with van der Waals surface area (Å²) in [6, 6.07) is 83.0. The molecule has 0 amide bonds. The van der Waals surface area contributed by atoms with E-state index >= 15 is 39.5 Å². The van der Waals surface area contributed by atoms with E-state index in [0.29, 0.717) is 17.1 Å². The lowest BCUT2D eigenvalue weighted by molar-refractivity contribution is -0.173. The van der Waals surface area contributed by atoms with Gasteiger partial charge in [-0.1, -0.05) is 218 Å². The van der Waals surface area contributed by atoms with Crippen LogP contribution in [0.1, 0.15) is 54.2 Å². The van der Waals surface area contributed by atoms with E-state index in [4.69, 9.17) is 15.0 Å². The third kappa shape index (κ3) is 9.90. The van der Waals surface area contributed by atoms with Crippen LogP contribution < -0.4 is 0 Å². The number of rotatable bonds is 12. The van der Waals surface area contributed by atoms with Crippen LogP contribution in [0.2, 0.25) is 0 Å². The third-order valence-electron chi connectivity index (χ3n) is 20.3. The monoisotopic (exact) mass is 1320 g/mol. The summed E-state index contributed by atoms with van der Waals surface area (Å²) in [5.41, 5.74) is 0.299. The Kier molecular flexibility index (Phi) is 14.5. The quantitative estimate of drug-likeness (QED) is 0.115. The van der Waals surface area contributed by atoms with Crippen molar-refractivity contribution < 1.29 is 39.5 Å². The first-order valence-corrected chi connectivity index (χ1v) is 32.2. The van der Waals surface area contributed by atoms with E-state index in [1.165, 1.54) is 109 Å². The van der Waals surface area contributed by atoms with Gasteiger partial charge in [-0.25, -0.2) is 15.0 Å². The van der Waals surface area contributed by atoms with Gasteiger partial charge in [-0.2, -0.15) is 39.5 Å². The minimum absolute atomic E-state index is 0.0139. The zero-order valence-electron chi connectivity index (χ0n) is 53.3. The van der Waals surface area contributed by atoms with E-state index in [1.807, 2.05) is 159 Å². The summed E-state index contributed by atoms with van der Waals surface area (Å²) in [5, 5.41) is 6.02. The van der Waals surface area contributed by atoms with Crippen LogP contribution in [0.5, 0.6) is 0 Å². The largest absolute Gasteiger partial charge is 0.402 e. The summed E-state index contributed by atoms with van der Waals surface area (Å²) in [7, 11) is 0. The minimum atomic E-state index is -4.80. The molecule has 0 radical (unpaired) electrons. The van der Waals surface area contributed by atoms with Gasteiger partial charge in [0, 0.05) is 66.1 Å². The highest BCUT2D eigenvalue weighted by molar-refractivity contribution is 6.11. The first kappa shape index (κ1) is 62.2. The fraction of sp³-hybridized carbons (Fsp3) is 0.107. The maximum absolute atomic E-state index is 15.9. The summed E-state index contributed by atoms with van der Waals surface area (Å²) in [5.74, 6) is -0.0670. The topological polar surface area (TPSA) is 53.5 Å². The molecule has 0 saturated carbocycles. The number of hydrogen-bond donors (Lipinski definition) is 0. The van der Waals surface area contributed by atoms with Crippen LogP contribution in [-0.4, -0.2) is 47.2 Å². The van der Waals surface area contributed by atoms with Crippen LogP contribution in [0.25, 0.3) is 117 Å². The van der Waals surface area contributed by atoms with Gasteiger partial charge in [-0.05, 0) is 127 Å². The second kappa shape index (κ2) is 23.0. The number of hydrogen-bond acceptors (Lipinski definition) is 3. The van der Waals surface area contributed by atoms with E-state index in [-0.39, 0.29) is 67.5 Å². The Labute approximate surface area is 562 Å². The molecule has 0 aliphatic carbocycles. The van der Waals surface area contributed by atoms with Crippen molar-refractivity contribution in [1.29, 1.82) is 0 Å². The predicted molar refractivity (Wildman–Crippen MR) is 376 cm³/mol. The van der Waals surface area contributed by atoms with Crippen molar-refractivity contribution in [1.82, 2.24) is 28.7 Å². The lowest BCUT2D eigenvalue weighted by Crippen LogP contribution is -2.40. The van der Waals surface area contributed by atoms with Gasteiger partial charge in [-0.15, -0.1) is 0 Å². The Hall–Kier alpha value is -11.6. The molecular formula is C84H57F9N6. The number of nitrogens with zero attached hydrogens (tertiary/aromatic N) is 6. The number of halogens is 9. The summed E-state index contributed by atoms with van der Waals surface area (Å²) in [6.45, 7) is 3.38. The van der Waals surface area contributed by atoms with Gasteiger partial charge in [0.25, 0.3) is 0 Å². The molecule has 0 saturated heterocycles. The second-order valence-corrected chi connectivity index (χ2v) is 25.7. The molecule has 15 heteroatoms. The van der Waals surface area contributed by atoms with Crippen molar-refractivity contribution in [2.75, 3.05) is 0 Å². The zero-order valence-corrected chi connectivity index (χ0v) is 53.3. The van der Waals surface area contributed by atoms with Crippen LogP contribution in [-0.2, 0) is 16.2 Å². The molecule has 0 N–H and O–H groups in total. The van der Waals surface area contributed by atoms with Crippen LogP contribution in [0.4, 0.5) is 39.5 Å². The van der Waals surface area contributed by atoms with E-state index < -0.39 is 34.8 Å². The van der Waals surface area contributed by atoms with Gasteiger partial charge in [0.15, 0.2) is 17.5 Å². The molecule has 3 atom stereocenters. The van der Waals surface area contributed by atoms with E-state index in [2.05, 4.69) is 0 Å². The number of fused-ring (bicyclic) bond motifs is 9. The maximum atomic E-state index is 15.9. The molecule has 6 nitrogen and oxygen atoms in total. The van der Waals surface area contributed by atoms with Crippen molar-refractivity contribution in [3.05, 3.63) is 325 Å². The Morgan fingerprint density at radius 2 is 0.374 bits per heavy atom. The van der Waals surface area contributed by atoms with Gasteiger partial charge < -0.3 is 13.7 Å². The van der Waals surface area contributed by atoms with Crippen molar-refractivity contribution in [3.63, 3.8) is 0 Å². The number of benzene rings is 12. The van der Waals surface area contributed by atoms with E-state index in [1.54, 1.807) is 36.4 Å². The molecule has 0 aliphatic heterocycles. The summed E-state index contributed by atoms with van der Waals surface area (Å²) in [4.78, 5) is 14.5.